The fourth-order valence-electron chi connectivity index (χ4n) is 0.683. The molecule has 54 valence electrons. The molecule has 3 heteroatoms. The predicted molar refractivity (Wildman–Crippen MR) is 51.1 cm³/mol. The zero-order valence-electron chi connectivity index (χ0n) is 5.76. The molecule has 0 radical (unpaired) electrons. The fraction of sp³-hybridized carbons (Fsp3) is 0.286. The molecule has 0 aromatic carbocycles. The molecule has 1 N–H and O–H groups in total. The molecule has 0 aliphatic rings. The lowest BCUT2D eigenvalue weighted by molar-refractivity contribution is 1.16. The Labute approximate surface area is 74.2 Å². The van der Waals surface area contributed by atoms with Crippen molar-refractivity contribution >= 4 is 28.4 Å². The highest BCUT2D eigenvalue weighted by Gasteiger charge is 1.89. The van der Waals surface area contributed by atoms with Gasteiger partial charge in [0.15, 0.2) is 0 Å². The molecule has 0 fully saturated rings. The topological polar surface area (TPSA) is 24.9 Å². The van der Waals surface area contributed by atoms with Crippen LogP contribution in [0.4, 0.5) is 5.82 Å². The van der Waals surface area contributed by atoms with Gasteiger partial charge in [0.2, 0.25) is 0 Å². The highest BCUT2D eigenvalue weighted by Crippen LogP contribution is 2.07. The molecular weight excluding hydrogens is 239 g/mol. The van der Waals surface area contributed by atoms with Crippen molar-refractivity contribution in [3.05, 3.63) is 21.9 Å². The van der Waals surface area contributed by atoms with E-state index in [0.29, 0.717) is 0 Å². The molecule has 0 bridgehead atoms. The maximum absolute atomic E-state index is 4.11. The van der Waals surface area contributed by atoms with E-state index in [1.165, 1.54) is 3.57 Å². The van der Waals surface area contributed by atoms with Crippen molar-refractivity contribution in [2.24, 2.45) is 0 Å². The lowest BCUT2D eigenvalue weighted by Gasteiger charge is -2.00. The predicted octanol–water partition coefficient (Wildman–Crippen LogP) is 2.12. The quantitative estimate of drug-likeness (QED) is 0.811. The highest BCUT2D eigenvalue weighted by molar-refractivity contribution is 14.1. The van der Waals surface area contributed by atoms with E-state index >= 15 is 0 Å². The molecule has 0 unspecified atom stereocenters. The molecule has 0 spiro atoms. The van der Waals surface area contributed by atoms with E-state index in [1.807, 2.05) is 12.1 Å². The lowest BCUT2D eigenvalue weighted by atomic mass is 10.4. The number of nitrogens with zero attached hydrogens (tertiary/aromatic N) is 1. The van der Waals surface area contributed by atoms with Crippen LogP contribution in [0.2, 0.25) is 0 Å². The Morgan fingerprint density at radius 3 is 3.10 bits per heavy atom. The van der Waals surface area contributed by atoms with E-state index in [-0.39, 0.29) is 0 Å². The van der Waals surface area contributed by atoms with Crippen molar-refractivity contribution < 1.29 is 0 Å². The number of halogens is 1. The first-order valence-electron chi connectivity index (χ1n) is 3.18. The molecule has 1 heterocycles. The standard InChI is InChI=1S/C7H9IN2/c1-2-9-7-5-6(8)3-4-10-7/h3-5H,2H2,1H3,(H,9,10). The van der Waals surface area contributed by atoms with Crippen molar-refractivity contribution in [3.8, 4) is 0 Å². The maximum atomic E-state index is 4.11. The Morgan fingerprint density at radius 2 is 2.50 bits per heavy atom. The van der Waals surface area contributed by atoms with Crippen LogP contribution in [0.3, 0.4) is 0 Å². The second-order valence-corrected chi connectivity index (χ2v) is 3.14. The van der Waals surface area contributed by atoms with Gasteiger partial charge in [-0.1, -0.05) is 0 Å². The number of aromatic nitrogens is 1. The Balaban J connectivity index is 2.75. The van der Waals surface area contributed by atoms with Crippen LogP contribution in [-0.2, 0) is 0 Å². The second-order valence-electron chi connectivity index (χ2n) is 1.89. The van der Waals surface area contributed by atoms with Crippen molar-refractivity contribution in [2.75, 3.05) is 11.9 Å². The van der Waals surface area contributed by atoms with Crippen molar-refractivity contribution in [1.82, 2.24) is 4.98 Å². The summed E-state index contributed by atoms with van der Waals surface area (Å²) >= 11 is 2.27. The number of anilines is 1. The van der Waals surface area contributed by atoms with Crippen LogP contribution >= 0.6 is 22.6 Å². The summed E-state index contributed by atoms with van der Waals surface area (Å²) in [4.78, 5) is 4.11. The van der Waals surface area contributed by atoms with Gasteiger partial charge in [0.25, 0.3) is 0 Å². The second kappa shape index (κ2) is 3.75. The third-order valence-electron chi connectivity index (χ3n) is 1.08. The largest absolute Gasteiger partial charge is 0.370 e. The Kier molecular flexibility index (Phi) is 2.92. The van der Waals surface area contributed by atoms with Gasteiger partial charge < -0.3 is 5.32 Å². The number of rotatable bonds is 2. The number of nitrogens with one attached hydrogen (secondary N) is 1. The van der Waals surface area contributed by atoms with Crippen LogP contribution < -0.4 is 5.32 Å². The van der Waals surface area contributed by atoms with Crippen molar-refractivity contribution in [2.45, 2.75) is 6.92 Å². The molecule has 1 aromatic rings. The van der Waals surface area contributed by atoms with Crippen LogP contribution in [-0.4, -0.2) is 11.5 Å². The fourth-order valence-corrected chi connectivity index (χ4v) is 1.14. The van der Waals surface area contributed by atoms with Crippen molar-refractivity contribution in [3.63, 3.8) is 0 Å². The summed E-state index contributed by atoms with van der Waals surface area (Å²) in [7, 11) is 0. The van der Waals surface area contributed by atoms with Gasteiger partial charge in [-0.05, 0) is 41.6 Å². The summed E-state index contributed by atoms with van der Waals surface area (Å²) in [5.41, 5.74) is 0. The van der Waals surface area contributed by atoms with Crippen LogP contribution in [0, 0.1) is 3.57 Å². The van der Waals surface area contributed by atoms with E-state index in [2.05, 4.69) is 39.8 Å². The number of hydrogen-bond donors (Lipinski definition) is 1. The Bertz CT molecular complexity index is 213. The molecule has 0 saturated heterocycles. The molecule has 0 aliphatic heterocycles. The monoisotopic (exact) mass is 248 g/mol. The van der Waals surface area contributed by atoms with E-state index in [9.17, 15) is 0 Å². The van der Waals surface area contributed by atoms with Gasteiger partial charge in [0.05, 0.1) is 0 Å². The van der Waals surface area contributed by atoms with Gasteiger partial charge in [0.1, 0.15) is 5.82 Å². The summed E-state index contributed by atoms with van der Waals surface area (Å²) in [5, 5.41) is 3.13. The normalized spacial score (nSPS) is 9.40. The lowest BCUT2D eigenvalue weighted by Crippen LogP contribution is -1.98. The third-order valence-corrected chi connectivity index (χ3v) is 1.75. The number of pyridine rings is 1. The van der Waals surface area contributed by atoms with Crippen LogP contribution in [0.5, 0.6) is 0 Å². The van der Waals surface area contributed by atoms with Gasteiger partial charge in [-0.15, -0.1) is 0 Å². The third kappa shape index (κ3) is 2.13. The first-order chi connectivity index (χ1) is 4.83. The zero-order valence-corrected chi connectivity index (χ0v) is 7.92. The van der Waals surface area contributed by atoms with E-state index in [4.69, 9.17) is 0 Å². The van der Waals surface area contributed by atoms with Gasteiger partial charge in [-0.25, -0.2) is 4.98 Å². The minimum atomic E-state index is 0.924. The molecule has 0 saturated carbocycles. The van der Waals surface area contributed by atoms with Crippen LogP contribution in [0.25, 0.3) is 0 Å². The molecule has 1 rings (SSSR count). The number of hydrogen-bond acceptors (Lipinski definition) is 2. The summed E-state index contributed by atoms with van der Waals surface area (Å²) in [5.74, 6) is 0.953. The Morgan fingerprint density at radius 1 is 1.70 bits per heavy atom. The summed E-state index contributed by atoms with van der Waals surface area (Å²) in [6.07, 6.45) is 1.81. The molecule has 0 aliphatic carbocycles. The molecule has 0 amide bonds. The maximum Gasteiger partial charge on any atom is 0.126 e. The molecular formula is C7H9IN2. The molecule has 1 aromatic heterocycles. The first kappa shape index (κ1) is 7.78. The highest BCUT2D eigenvalue weighted by atomic mass is 127. The zero-order chi connectivity index (χ0) is 7.40. The van der Waals surface area contributed by atoms with Gasteiger partial charge in [0, 0.05) is 16.3 Å². The van der Waals surface area contributed by atoms with E-state index in [1.54, 1.807) is 6.20 Å². The average Bonchev–Trinajstić information content (AvgIpc) is 1.88. The minimum Gasteiger partial charge on any atom is -0.370 e. The van der Waals surface area contributed by atoms with E-state index in [0.717, 1.165) is 12.4 Å². The van der Waals surface area contributed by atoms with E-state index < -0.39 is 0 Å². The molecule has 2 nitrogen and oxygen atoms in total. The minimum absolute atomic E-state index is 0.924. The van der Waals surface area contributed by atoms with Gasteiger partial charge >= 0.3 is 0 Å². The summed E-state index contributed by atoms with van der Waals surface area (Å²) in [6, 6.07) is 3.99. The van der Waals surface area contributed by atoms with Crippen LogP contribution in [0.15, 0.2) is 18.3 Å². The Hall–Kier alpha value is -0.320. The first-order valence-corrected chi connectivity index (χ1v) is 4.26. The van der Waals surface area contributed by atoms with Gasteiger partial charge in [-0.3, -0.25) is 0 Å². The van der Waals surface area contributed by atoms with Gasteiger partial charge in [-0.2, -0.15) is 0 Å². The summed E-state index contributed by atoms with van der Waals surface area (Å²) < 4.78 is 1.21. The molecule has 10 heavy (non-hydrogen) atoms. The SMILES string of the molecule is CCNc1cc(I)ccn1. The van der Waals surface area contributed by atoms with Crippen molar-refractivity contribution in [1.29, 1.82) is 0 Å². The summed E-state index contributed by atoms with van der Waals surface area (Å²) in [6.45, 7) is 2.98. The molecule has 0 atom stereocenters. The smallest absolute Gasteiger partial charge is 0.126 e. The van der Waals surface area contributed by atoms with Crippen LogP contribution in [0.1, 0.15) is 6.92 Å². The average molecular weight is 248 g/mol.